The van der Waals surface area contributed by atoms with Crippen molar-refractivity contribution in [2.75, 3.05) is 16.4 Å². The summed E-state index contributed by atoms with van der Waals surface area (Å²) in [7, 11) is 1.82. The third-order valence-corrected chi connectivity index (χ3v) is 2.81. The molecule has 0 fully saturated rings. The fourth-order valence-electron chi connectivity index (χ4n) is 1.69. The Morgan fingerprint density at radius 3 is 2.58 bits per heavy atom. The van der Waals surface area contributed by atoms with E-state index >= 15 is 0 Å². The molecule has 0 aliphatic carbocycles. The maximum atomic E-state index is 11.8. The van der Waals surface area contributed by atoms with E-state index in [1.165, 1.54) is 0 Å². The van der Waals surface area contributed by atoms with Crippen molar-refractivity contribution in [2.45, 2.75) is 13.8 Å². The third-order valence-electron chi connectivity index (χ3n) is 2.81. The van der Waals surface area contributed by atoms with E-state index in [1.807, 2.05) is 27.0 Å². The Morgan fingerprint density at radius 2 is 2.00 bits per heavy atom. The molecule has 0 unspecified atom stereocenters. The average molecular weight is 259 g/mol. The molecule has 1 aromatic carbocycles. The summed E-state index contributed by atoms with van der Waals surface area (Å²) in [5.74, 6) is 0.503. The fraction of sp³-hybridized carbons (Fsp3) is 0.231. The zero-order valence-electron chi connectivity index (χ0n) is 11.2. The van der Waals surface area contributed by atoms with Gasteiger partial charge in [0, 0.05) is 18.8 Å². The number of anilines is 3. The molecule has 0 spiro atoms. The molecule has 2 aromatic rings. The van der Waals surface area contributed by atoms with Gasteiger partial charge in [0.2, 0.25) is 0 Å². The first-order chi connectivity index (χ1) is 8.95. The number of urea groups is 1. The summed E-state index contributed by atoms with van der Waals surface area (Å²) < 4.78 is 1.69. The van der Waals surface area contributed by atoms with E-state index in [-0.39, 0.29) is 6.03 Å². The molecule has 0 saturated heterocycles. The second-order valence-corrected chi connectivity index (χ2v) is 4.46. The number of hydrogen-bond donors (Lipinski definition) is 3. The maximum Gasteiger partial charge on any atom is 0.324 e. The molecule has 4 N–H and O–H groups in total. The van der Waals surface area contributed by atoms with Gasteiger partial charge in [0.15, 0.2) is 5.82 Å². The first-order valence-corrected chi connectivity index (χ1v) is 5.90. The van der Waals surface area contributed by atoms with Gasteiger partial charge in [-0.1, -0.05) is 6.07 Å². The quantitative estimate of drug-likeness (QED) is 0.723. The smallest absolute Gasteiger partial charge is 0.324 e. The standard InChI is InChI=1S/C13H17N5O/c1-8-4-5-11(10(14)6-8)15-13(19)16-12-7-9(2)18(3)17-12/h4-7H,14H2,1-3H3,(H2,15,16,17,19). The molecule has 6 nitrogen and oxygen atoms in total. The van der Waals surface area contributed by atoms with Crippen LogP contribution in [0.1, 0.15) is 11.3 Å². The molecule has 19 heavy (non-hydrogen) atoms. The van der Waals surface area contributed by atoms with Gasteiger partial charge in [-0.15, -0.1) is 0 Å². The Labute approximate surface area is 111 Å². The average Bonchev–Trinajstić information content (AvgIpc) is 2.62. The minimum Gasteiger partial charge on any atom is -0.397 e. The largest absolute Gasteiger partial charge is 0.397 e. The van der Waals surface area contributed by atoms with Crippen LogP contribution < -0.4 is 16.4 Å². The number of aryl methyl sites for hydroxylation is 3. The number of amides is 2. The highest BCUT2D eigenvalue weighted by Gasteiger charge is 2.08. The summed E-state index contributed by atoms with van der Waals surface area (Å²) in [5, 5.41) is 9.49. The molecular weight excluding hydrogens is 242 g/mol. The highest BCUT2D eigenvalue weighted by Crippen LogP contribution is 2.19. The number of carbonyl (C=O) groups is 1. The van der Waals surface area contributed by atoms with Gasteiger partial charge >= 0.3 is 6.03 Å². The lowest BCUT2D eigenvalue weighted by molar-refractivity contribution is 0.262. The van der Waals surface area contributed by atoms with Crippen LogP contribution in [0.15, 0.2) is 24.3 Å². The van der Waals surface area contributed by atoms with Gasteiger partial charge in [-0.25, -0.2) is 4.79 Å². The number of nitrogens with one attached hydrogen (secondary N) is 2. The number of rotatable bonds is 2. The molecule has 0 saturated carbocycles. The van der Waals surface area contributed by atoms with Gasteiger partial charge in [0.05, 0.1) is 11.4 Å². The lowest BCUT2D eigenvalue weighted by Gasteiger charge is -2.08. The monoisotopic (exact) mass is 259 g/mol. The van der Waals surface area contributed by atoms with Gasteiger partial charge in [-0.05, 0) is 31.5 Å². The minimum atomic E-state index is -0.367. The van der Waals surface area contributed by atoms with E-state index in [0.29, 0.717) is 17.2 Å². The van der Waals surface area contributed by atoms with Gasteiger partial charge in [-0.2, -0.15) is 5.10 Å². The van der Waals surface area contributed by atoms with Gasteiger partial charge in [0.25, 0.3) is 0 Å². The lowest BCUT2D eigenvalue weighted by Crippen LogP contribution is -2.20. The molecule has 100 valence electrons. The van der Waals surface area contributed by atoms with Gasteiger partial charge < -0.3 is 11.1 Å². The normalized spacial score (nSPS) is 10.3. The Bertz CT molecular complexity index is 598. The summed E-state index contributed by atoms with van der Waals surface area (Å²) in [6, 6.07) is 6.89. The maximum absolute atomic E-state index is 11.8. The van der Waals surface area contributed by atoms with Crippen molar-refractivity contribution in [2.24, 2.45) is 7.05 Å². The number of nitrogens with two attached hydrogens (primary N) is 1. The number of aromatic nitrogens is 2. The lowest BCUT2D eigenvalue weighted by atomic mass is 10.2. The first kappa shape index (κ1) is 12.9. The van der Waals surface area contributed by atoms with E-state index in [9.17, 15) is 4.79 Å². The predicted molar refractivity (Wildman–Crippen MR) is 76.2 cm³/mol. The molecule has 6 heteroatoms. The van der Waals surface area contributed by atoms with Crippen molar-refractivity contribution < 1.29 is 4.79 Å². The Morgan fingerprint density at radius 1 is 1.26 bits per heavy atom. The molecule has 1 aromatic heterocycles. The van der Waals surface area contributed by atoms with E-state index in [0.717, 1.165) is 11.3 Å². The SMILES string of the molecule is Cc1ccc(NC(=O)Nc2cc(C)n(C)n2)c(N)c1. The summed E-state index contributed by atoms with van der Waals surface area (Å²) in [5.41, 5.74) is 8.95. The Hall–Kier alpha value is -2.50. The highest BCUT2D eigenvalue weighted by molar-refractivity contribution is 6.01. The van der Waals surface area contributed by atoms with Crippen molar-refractivity contribution in [3.05, 3.63) is 35.5 Å². The van der Waals surface area contributed by atoms with Crippen LogP contribution in [0.25, 0.3) is 0 Å². The fourth-order valence-corrected chi connectivity index (χ4v) is 1.69. The second-order valence-electron chi connectivity index (χ2n) is 4.46. The number of hydrogen-bond acceptors (Lipinski definition) is 3. The van der Waals surface area contributed by atoms with Crippen molar-refractivity contribution in [1.29, 1.82) is 0 Å². The molecule has 0 radical (unpaired) electrons. The molecule has 0 aliphatic heterocycles. The molecular formula is C13H17N5O. The number of carbonyl (C=O) groups excluding carboxylic acids is 1. The van der Waals surface area contributed by atoms with Crippen LogP contribution in [0.4, 0.5) is 22.0 Å². The number of nitrogen functional groups attached to an aromatic ring is 1. The Kier molecular flexibility index (Phi) is 3.41. The second kappa shape index (κ2) is 5.01. The van der Waals surface area contributed by atoms with Crippen LogP contribution in [0.3, 0.4) is 0 Å². The van der Waals surface area contributed by atoms with Crippen LogP contribution in [0, 0.1) is 13.8 Å². The summed E-state index contributed by atoms with van der Waals surface area (Å²) in [6.07, 6.45) is 0. The molecule has 0 aliphatic rings. The Balaban J connectivity index is 2.05. The van der Waals surface area contributed by atoms with Gasteiger partial charge in [0.1, 0.15) is 0 Å². The van der Waals surface area contributed by atoms with Crippen molar-refractivity contribution in [3.8, 4) is 0 Å². The molecule has 0 bridgehead atoms. The van der Waals surface area contributed by atoms with E-state index in [1.54, 1.807) is 22.9 Å². The summed E-state index contributed by atoms with van der Waals surface area (Å²) in [6.45, 7) is 3.85. The predicted octanol–water partition coefficient (Wildman–Crippen LogP) is 2.26. The van der Waals surface area contributed by atoms with E-state index in [4.69, 9.17) is 5.73 Å². The number of benzene rings is 1. The van der Waals surface area contributed by atoms with E-state index in [2.05, 4.69) is 15.7 Å². The zero-order chi connectivity index (χ0) is 14.0. The molecule has 0 atom stereocenters. The van der Waals surface area contributed by atoms with Crippen LogP contribution in [-0.4, -0.2) is 15.8 Å². The zero-order valence-corrected chi connectivity index (χ0v) is 11.2. The van der Waals surface area contributed by atoms with Crippen LogP contribution in [-0.2, 0) is 7.05 Å². The summed E-state index contributed by atoms with van der Waals surface area (Å²) in [4.78, 5) is 11.8. The van der Waals surface area contributed by atoms with Crippen molar-refractivity contribution in [1.82, 2.24) is 9.78 Å². The van der Waals surface area contributed by atoms with Crippen LogP contribution >= 0.6 is 0 Å². The first-order valence-electron chi connectivity index (χ1n) is 5.90. The summed E-state index contributed by atoms with van der Waals surface area (Å²) >= 11 is 0. The van der Waals surface area contributed by atoms with Crippen LogP contribution in [0.5, 0.6) is 0 Å². The minimum absolute atomic E-state index is 0.367. The third kappa shape index (κ3) is 3.04. The number of nitrogens with zero attached hydrogens (tertiary/aromatic N) is 2. The highest BCUT2D eigenvalue weighted by atomic mass is 16.2. The van der Waals surface area contributed by atoms with Gasteiger partial charge in [-0.3, -0.25) is 10.00 Å². The van der Waals surface area contributed by atoms with Crippen molar-refractivity contribution >= 4 is 23.2 Å². The molecule has 2 rings (SSSR count). The van der Waals surface area contributed by atoms with Crippen LogP contribution in [0.2, 0.25) is 0 Å². The topological polar surface area (TPSA) is 85.0 Å². The molecule has 2 amide bonds. The molecule has 1 heterocycles. The van der Waals surface area contributed by atoms with Crippen molar-refractivity contribution in [3.63, 3.8) is 0 Å². The van der Waals surface area contributed by atoms with E-state index < -0.39 is 0 Å².